The molecule has 0 bridgehead atoms. The fourth-order valence-electron chi connectivity index (χ4n) is 1.12. The van der Waals surface area contributed by atoms with Crippen LogP contribution in [0.2, 0.25) is 5.15 Å². The molecule has 2 rings (SSSR count). The lowest BCUT2D eigenvalue weighted by atomic mass is 10.3. The van der Waals surface area contributed by atoms with Crippen molar-refractivity contribution < 1.29 is 4.74 Å². The molecule has 0 radical (unpaired) electrons. The van der Waals surface area contributed by atoms with Gasteiger partial charge in [0.05, 0.1) is 11.6 Å². The molecule has 16 heavy (non-hydrogen) atoms. The Kier molecular flexibility index (Phi) is 3.36. The Morgan fingerprint density at radius 3 is 2.81 bits per heavy atom. The number of aromatic nitrogens is 3. The first kappa shape index (κ1) is 11.3. The highest BCUT2D eigenvalue weighted by Crippen LogP contribution is 2.22. The normalized spacial score (nSPS) is 10.2. The van der Waals surface area contributed by atoms with Crippen LogP contribution in [-0.4, -0.2) is 22.1 Å². The quantitative estimate of drug-likeness (QED) is 0.800. The topological polar surface area (TPSA) is 47.9 Å². The van der Waals surface area contributed by atoms with Crippen LogP contribution in [0.15, 0.2) is 28.9 Å². The molecule has 2 aromatic heterocycles. The van der Waals surface area contributed by atoms with Gasteiger partial charge in [0.1, 0.15) is 10.8 Å². The van der Waals surface area contributed by atoms with Crippen molar-refractivity contribution in [1.29, 1.82) is 0 Å². The first-order valence-corrected chi connectivity index (χ1v) is 5.57. The average Bonchev–Trinajstić information content (AvgIpc) is 2.33. The highest BCUT2D eigenvalue weighted by atomic mass is 79.9. The molecule has 2 heterocycles. The standard InChI is InChI=1S/C10H7BrClN3O/c1-16-8-4-2-3-7(14-8)10-13-5-6(11)9(12)15-10/h2-5H,1H3. The van der Waals surface area contributed by atoms with Gasteiger partial charge in [0, 0.05) is 12.3 Å². The minimum absolute atomic E-state index is 0.356. The van der Waals surface area contributed by atoms with E-state index in [-0.39, 0.29) is 0 Å². The summed E-state index contributed by atoms with van der Waals surface area (Å²) in [6.07, 6.45) is 1.59. The summed E-state index contributed by atoms with van der Waals surface area (Å²) < 4.78 is 5.67. The van der Waals surface area contributed by atoms with Gasteiger partial charge in [0.2, 0.25) is 5.88 Å². The summed E-state index contributed by atoms with van der Waals surface area (Å²) in [6.45, 7) is 0. The minimum atomic E-state index is 0.356. The Morgan fingerprint density at radius 1 is 1.31 bits per heavy atom. The SMILES string of the molecule is COc1cccc(-c2ncc(Br)c(Cl)n2)n1. The van der Waals surface area contributed by atoms with Gasteiger partial charge in [0.25, 0.3) is 0 Å². The van der Waals surface area contributed by atoms with E-state index in [0.717, 1.165) is 0 Å². The van der Waals surface area contributed by atoms with E-state index in [0.29, 0.717) is 27.0 Å². The maximum Gasteiger partial charge on any atom is 0.213 e. The van der Waals surface area contributed by atoms with Crippen LogP contribution in [0.1, 0.15) is 0 Å². The van der Waals surface area contributed by atoms with Crippen LogP contribution in [0.25, 0.3) is 11.5 Å². The lowest BCUT2D eigenvalue weighted by Crippen LogP contribution is -1.94. The van der Waals surface area contributed by atoms with Crippen LogP contribution in [0, 0.1) is 0 Å². The molecule has 0 aliphatic heterocycles. The van der Waals surface area contributed by atoms with E-state index in [1.54, 1.807) is 25.4 Å². The number of hydrogen-bond donors (Lipinski definition) is 0. The predicted octanol–water partition coefficient (Wildman–Crippen LogP) is 2.96. The molecule has 0 N–H and O–H groups in total. The van der Waals surface area contributed by atoms with Crippen molar-refractivity contribution in [3.8, 4) is 17.4 Å². The van der Waals surface area contributed by atoms with Crippen molar-refractivity contribution in [3.05, 3.63) is 34.0 Å². The molecule has 0 amide bonds. The lowest BCUT2D eigenvalue weighted by molar-refractivity contribution is 0.398. The second-order valence-electron chi connectivity index (χ2n) is 2.90. The molecular formula is C10H7BrClN3O. The van der Waals surface area contributed by atoms with Crippen LogP contribution in [-0.2, 0) is 0 Å². The van der Waals surface area contributed by atoms with Gasteiger partial charge in [-0.3, -0.25) is 0 Å². The molecule has 0 atom stereocenters. The summed E-state index contributed by atoms with van der Waals surface area (Å²) >= 11 is 9.11. The van der Waals surface area contributed by atoms with Crippen LogP contribution in [0.5, 0.6) is 5.88 Å². The maximum atomic E-state index is 5.88. The summed E-state index contributed by atoms with van der Waals surface area (Å²) in [5.74, 6) is 0.979. The van der Waals surface area contributed by atoms with E-state index in [1.807, 2.05) is 6.07 Å². The van der Waals surface area contributed by atoms with Crippen molar-refractivity contribution in [3.63, 3.8) is 0 Å². The van der Waals surface area contributed by atoms with E-state index >= 15 is 0 Å². The molecule has 4 nitrogen and oxygen atoms in total. The lowest BCUT2D eigenvalue weighted by Gasteiger charge is -2.03. The molecule has 2 aromatic rings. The monoisotopic (exact) mass is 299 g/mol. The van der Waals surface area contributed by atoms with Crippen molar-refractivity contribution in [2.45, 2.75) is 0 Å². The summed E-state index contributed by atoms with van der Waals surface area (Å²) in [6, 6.07) is 5.37. The van der Waals surface area contributed by atoms with Crippen molar-refractivity contribution in [1.82, 2.24) is 15.0 Å². The summed E-state index contributed by atoms with van der Waals surface area (Å²) in [5.41, 5.74) is 0.619. The summed E-state index contributed by atoms with van der Waals surface area (Å²) in [5, 5.41) is 0.356. The first-order chi connectivity index (χ1) is 7.70. The predicted molar refractivity (Wildman–Crippen MR) is 64.5 cm³/mol. The molecule has 0 saturated heterocycles. The van der Waals surface area contributed by atoms with Gasteiger partial charge in [-0.2, -0.15) is 0 Å². The van der Waals surface area contributed by atoms with Crippen LogP contribution in [0.4, 0.5) is 0 Å². The maximum absolute atomic E-state index is 5.88. The number of pyridine rings is 1. The van der Waals surface area contributed by atoms with Crippen molar-refractivity contribution in [2.24, 2.45) is 0 Å². The third-order valence-corrected chi connectivity index (χ3v) is 2.96. The molecule has 0 fully saturated rings. The van der Waals surface area contributed by atoms with Crippen LogP contribution < -0.4 is 4.74 Å². The van der Waals surface area contributed by atoms with E-state index in [4.69, 9.17) is 16.3 Å². The number of ether oxygens (including phenoxy) is 1. The Balaban J connectivity index is 2.46. The fourth-order valence-corrected chi connectivity index (χ4v) is 1.44. The Bertz CT molecular complexity index is 521. The van der Waals surface area contributed by atoms with Gasteiger partial charge < -0.3 is 4.74 Å². The zero-order valence-corrected chi connectivity index (χ0v) is 10.7. The Labute approximate surface area is 106 Å². The Morgan fingerprint density at radius 2 is 2.12 bits per heavy atom. The second kappa shape index (κ2) is 4.76. The van der Waals surface area contributed by atoms with Crippen LogP contribution in [0.3, 0.4) is 0 Å². The third kappa shape index (κ3) is 2.31. The second-order valence-corrected chi connectivity index (χ2v) is 4.11. The molecule has 6 heteroatoms. The van der Waals surface area contributed by atoms with Gasteiger partial charge in [-0.15, -0.1) is 0 Å². The third-order valence-electron chi connectivity index (χ3n) is 1.86. The fraction of sp³-hybridized carbons (Fsp3) is 0.100. The van der Waals surface area contributed by atoms with E-state index in [1.165, 1.54) is 0 Å². The number of methoxy groups -OCH3 is 1. The van der Waals surface area contributed by atoms with Gasteiger partial charge in [-0.25, -0.2) is 15.0 Å². The van der Waals surface area contributed by atoms with Crippen molar-refractivity contribution >= 4 is 27.5 Å². The number of halogens is 2. The molecule has 82 valence electrons. The smallest absolute Gasteiger partial charge is 0.213 e. The summed E-state index contributed by atoms with van der Waals surface area (Å²) in [4.78, 5) is 12.4. The van der Waals surface area contributed by atoms with Crippen molar-refractivity contribution in [2.75, 3.05) is 7.11 Å². The molecule has 0 unspecified atom stereocenters. The van der Waals surface area contributed by atoms with Crippen LogP contribution >= 0.6 is 27.5 Å². The number of hydrogen-bond acceptors (Lipinski definition) is 4. The highest BCUT2D eigenvalue weighted by molar-refractivity contribution is 9.10. The molecule has 0 aliphatic carbocycles. The van der Waals surface area contributed by atoms with Gasteiger partial charge in [0.15, 0.2) is 5.82 Å². The van der Waals surface area contributed by atoms with Gasteiger partial charge in [-0.1, -0.05) is 17.7 Å². The average molecular weight is 301 g/mol. The van der Waals surface area contributed by atoms with E-state index < -0.39 is 0 Å². The number of rotatable bonds is 2. The molecule has 0 spiro atoms. The zero-order chi connectivity index (χ0) is 11.5. The molecule has 0 saturated carbocycles. The Hall–Kier alpha value is -1.20. The first-order valence-electron chi connectivity index (χ1n) is 4.40. The van der Waals surface area contributed by atoms with Gasteiger partial charge in [-0.05, 0) is 22.0 Å². The summed E-state index contributed by atoms with van der Waals surface area (Å²) in [7, 11) is 1.56. The van der Waals surface area contributed by atoms with E-state index in [9.17, 15) is 0 Å². The largest absolute Gasteiger partial charge is 0.481 e. The highest BCUT2D eigenvalue weighted by Gasteiger charge is 2.07. The minimum Gasteiger partial charge on any atom is -0.481 e. The van der Waals surface area contributed by atoms with E-state index in [2.05, 4.69) is 30.9 Å². The zero-order valence-electron chi connectivity index (χ0n) is 8.32. The number of nitrogens with zero attached hydrogens (tertiary/aromatic N) is 3. The van der Waals surface area contributed by atoms with Gasteiger partial charge >= 0.3 is 0 Å². The molecule has 0 aromatic carbocycles. The molecular weight excluding hydrogens is 293 g/mol. The molecule has 0 aliphatic rings.